The Kier molecular flexibility index (Phi) is 4.55. The van der Waals surface area contributed by atoms with Crippen LogP contribution in [0, 0.1) is 6.92 Å². The molecular weight excluding hydrogens is 285 g/mol. The summed E-state index contributed by atoms with van der Waals surface area (Å²) < 4.78 is 38.8. The van der Waals surface area contributed by atoms with E-state index in [1.54, 1.807) is 17.8 Å². The third-order valence-electron chi connectivity index (χ3n) is 3.59. The van der Waals surface area contributed by atoms with Gasteiger partial charge in [-0.15, -0.1) is 0 Å². The van der Waals surface area contributed by atoms with E-state index in [1.807, 2.05) is 6.92 Å². The number of piperidine rings is 1. The molecule has 0 aromatic carbocycles. The molecule has 1 aromatic heterocycles. The summed E-state index contributed by atoms with van der Waals surface area (Å²) in [7, 11) is 1.73. The number of nitrogens with one attached hydrogen (secondary N) is 1. The van der Waals surface area contributed by atoms with Gasteiger partial charge in [0.2, 0.25) is 0 Å². The topological polar surface area (TPSA) is 50.2 Å². The number of hydrogen-bond acceptors (Lipinski definition) is 3. The number of hydrogen-bond donors (Lipinski definition) is 1. The van der Waals surface area contributed by atoms with Crippen LogP contribution in [0.15, 0.2) is 6.07 Å². The second-order valence-electron chi connectivity index (χ2n) is 5.46. The smallest absolute Gasteiger partial charge is 0.347 e. The van der Waals surface area contributed by atoms with E-state index in [4.69, 9.17) is 0 Å². The summed E-state index contributed by atoms with van der Waals surface area (Å²) in [6.45, 7) is 1.53. The van der Waals surface area contributed by atoms with Gasteiger partial charge in [0.25, 0.3) is 5.91 Å². The molecular formula is C13H19F3N4O. The standard InChI is InChI=1S/C13H19F3N4O/c1-9-6-11(18-19(9)2)12(21)17-10-4-3-5-20(7-10)8-13(14,15)16/h6,10H,3-5,7-8H2,1-2H3,(H,17,21). The maximum Gasteiger partial charge on any atom is 0.401 e. The Morgan fingerprint density at radius 2 is 2.24 bits per heavy atom. The average Bonchev–Trinajstić information content (AvgIpc) is 2.68. The van der Waals surface area contributed by atoms with Gasteiger partial charge in [0.05, 0.1) is 6.54 Å². The zero-order chi connectivity index (χ0) is 15.6. The lowest BCUT2D eigenvalue weighted by Crippen LogP contribution is -2.50. The van der Waals surface area contributed by atoms with Gasteiger partial charge >= 0.3 is 6.18 Å². The first kappa shape index (κ1) is 15.8. The molecule has 21 heavy (non-hydrogen) atoms. The number of likely N-dealkylation sites (tertiary alicyclic amines) is 1. The highest BCUT2D eigenvalue weighted by molar-refractivity contribution is 5.92. The summed E-state index contributed by atoms with van der Waals surface area (Å²) in [6.07, 6.45) is -2.88. The maximum absolute atomic E-state index is 12.4. The number of nitrogens with zero attached hydrogens (tertiary/aromatic N) is 3. The highest BCUT2D eigenvalue weighted by atomic mass is 19.4. The molecule has 1 fully saturated rings. The molecule has 118 valence electrons. The van der Waals surface area contributed by atoms with Gasteiger partial charge in [-0.25, -0.2) is 0 Å². The van der Waals surface area contributed by atoms with Crippen molar-refractivity contribution in [1.82, 2.24) is 20.0 Å². The van der Waals surface area contributed by atoms with Crippen LogP contribution in [0.4, 0.5) is 13.2 Å². The second-order valence-corrected chi connectivity index (χ2v) is 5.46. The third-order valence-corrected chi connectivity index (χ3v) is 3.59. The van der Waals surface area contributed by atoms with Crippen LogP contribution in [0.2, 0.25) is 0 Å². The van der Waals surface area contributed by atoms with Crippen molar-refractivity contribution in [3.8, 4) is 0 Å². The fourth-order valence-electron chi connectivity index (χ4n) is 2.50. The molecule has 1 aromatic rings. The van der Waals surface area contributed by atoms with E-state index in [9.17, 15) is 18.0 Å². The fraction of sp³-hybridized carbons (Fsp3) is 0.692. The van der Waals surface area contributed by atoms with Gasteiger partial charge in [0.1, 0.15) is 5.69 Å². The zero-order valence-electron chi connectivity index (χ0n) is 12.1. The molecule has 0 bridgehead atoms. The Labute approximate surface area is 121 Å². The normalized spacial score (nSPS) is 20.5. The zero-order valence-corrected chi connectivity index (χ0v) is 12.1. The van der Waals surface area contributed by atoms with Gasteiger partial charge in [-0.1, -0.05) is 0 Å². The average molecular weight is 304 g/mol. The molecule has 2 heterocycles. The van der Waals surface area contributed by atoms with Crippen molar-refractivity contribution in [3.63, 3.8) is 0 Å². The summed E-state index contributed by atoms with van der Waals surface area (Å²) in [5.74, 6) is -0.336. The van der Waals surface area contributed by atoms with Crippen molar-refractivity contribution in [2.24, 2.45) is 7.05 Å². The number of rotatable bonds is 3. The summed E-state index contributed by atoms with van der Waals surface area (Å²) >= 11 is 0. The molecule has 2 rings (SSSR count). The van der Waals surface area contributed by atoms with Crippen LogP contribution in [-0.4, -0.2) is 52.4 Å². The van der Waals surface area contributed by atoms with E-state index in [2.05, 4.69) is 10.4 Å². The number of amides is 1. The lowest BCUT2D eigenvalue weighted by Gasteiger charge is -2.33. The number of carbonyl (C=O) groups is 1. The van der Waals surface area contributed by atoms with Crippen LogP contribution in [-0.2, 0) is 7.05 Å². The van der Waals surface area contributed by atoms with Crippen LogP contribution in [0.3, 0.4) is 0 Å². The van der Waals surface area contributed by atoms with Crippen LogP contribution >= 0.6 is 0 Å². The molecule has 0 radical (unpaired) electrons. The number of carbonyl (C=O) groups excluding carboxylic acids is 1. The van der Waals surface area contributed by atoms with Gasteiger partial charge < -0.3 is 5.32 Å². The van der Waals surface area contributed by atoms with Crippen molar-refractivity contribution in [2.75, 3.05) is 19.6 Å². The predicted molar refractivity (Wildman–Crippen MR) is 70.9 cm³/mol. The first-order chi connectivity index (χ1) is 9.74. The SMILES string of the molecule is Cc1cc(C(=O)NC2CCCN(CC(F)(F)F)C2)nn1C. The molecule has 1 aliphatic rings. The highest BCUT2D eigenvalue weighted by Gasteiger charge is 2.33. The molecule has 8 heteroatoms. The van der Waals surface area contributed by atoms with Gasteiger partial charge in [0.15, 0.2) is 0 Å². The molecule has 1 N–H and O–H groups in total. The summed E-state index contributed by atoms with van der Waals surface area (Å²) in [5, 5.41) is 6.83. The molecule has 0 saturated carbocycles. The molecule has 1 atom stereocenters. The monoisotopic (exact) mass is 304 g/mol. The van der Waals surface area contributed by atoms with Gasteiger partial charge in [0, 0.05) is 25.3 Å². The van der Waals surface area contributed by atoms with Crippen molar-refractivity contribution in [3.05, 3.63) is 17.5 Å². The Bertz CT molecular complexity index is 493. The Hall–Kier alpha value is -1.57. The van der Waals surface area contributed by atoms with E-state index < -0.39 is 12.7 Å². The quantitative estimate of drug-likeness (QED) is 0.920. The minimum atomic E-state index is -4.20. The largest absolute Gasteiger partial charge is 0.401 e. The van der Waals surface area contributed by atoms with E-state index >= 15 is 0 Å². The van der Waals surface area contributed by atoms with Crippen molar-refractivity contribution < 1.29 is 18.0 Å². The van der Waals surface area contributed by atoms with E-state index in [-0.39, 0.29) is 18.5 Å². The van der Waals surface area contributed by atoms with Crippen molar-refractivity contribution in [1.29, 1.82) is 0 Å². The van der Waals surface area contributed by atoms with Crippen LogP contribution < -0.4 is 5.32 Å². The Balaban J connectivity index is 1.91. The first-order valence-electron chi connectivity index (χ1n) is 6.85. The van der Waals surface area contributed by atoms with Gasteiger partial charge in [-0.2, -0.15) is 18.3 Å². The summed E-state index contributed by atoms with van der Waals surface area (Å²) in [5.41, 5.74) is 1.14. The van der Waals surface area contributed by atoms with Crippen LogP contribution in [0.5, 0.6) is 0 Å². The first-order valence-corrected chi connectivity index (χ1v) is 6.85. The van der Waals surface area contributed by atoms with Gasteiger partial charge in [-0.3, -0.25) is 14.4 Å². The van der Waals surface area contributed by atoms with E-state index in [1.165, 1.54) is 4.90 Å². The number of aryl methyl sites for hydroxylation is 2. The fourth-order valence-corrected chi connectivity index (χ4v) is 2.50. The van der Waals surface area contributed by atoms with Crippen molar-refractivity contribution in [2.45, 2.75) is 32.0 Å². The van der Waals surface area contributed by atoms with Crippen molar-refractivity contribution >= 4 is 5.91 Å². The molecule has 1 amide bonds. The maximum atomic E-state index is 12.4. The number of aromatic nitrogens is 2. The van der Waals surface area contributed by atoms with Gasteiger partial charge in [-0.05, 0) is 32.4 Å². The van der Waals surface area contributed by atoms with E-state index in [0.29, 0.717) is 25.1 Å². The Morgan fingerprint density at radius 1 is 1.52 bits per heavy atom. The Morgan fingerprint density at radius 3 is 2.81 bits per heavy atom. The minimum absolute atomic E-state index is 0.219. The molecule has 5 nitrogen and oxygen atoms in total. The van der Waals surface area contributed by atoms with Crippen LogP contribution in [0.1, 0.15) is 29.0 Å². The highest BCUT2D eigenvalue weighted by Crippen LogP contribution is 2.19. The summed E-state index contributed by atoms with van der Waals surface area (Å²) in [6, 6.07) is 1.39. The second kappa shape index (κ2) is 6.05. The number of alkyl halides is 3. The molecule has 0 spiro atoms. The molecule has 1 aliphatic heterocycles. The predicted octanol–water partition coefficient (Wildman–Crippen LogP) is 1.49. The summed E-state index contributed by atoms with van der Waals surface area (Å²) in [4.78, 5) is 13.4. The lowest BCUT2D eigenvalue weighted by molar-refractivity contribution is -0.148. The number of halogens is 3. The van der Waals surface area contributed by atoms with E-state index in [0.717, 1.165) is 5.69 Å². The molecule has 1 saturated heterocycles. The third kappa shape index (κ3) is 4.45. The molecule has 1 unspecified atom stereocenters. The van der Waals surface area contributed by atoms with Crippen LogP contribution in [0.25, 0.3) is 0 Å². The molecule has 0 aliphatic carbocycles. The minimum Gasteiger partial charge on any atom is -0.347 e. The lowest BCUT2D eigenvalue weighted by atomic mass is 10.1.